The summed E-state index contributed by atoms with van der Waals surface area (Å²) in [5, 5.41) is 11.7. The van der Waals surface area contributed by atoms with Crippen LogP contribution < -0.4 is 5.32 Å². The van der Waals surface area contributed by atoms with Gasteiger partial charge in [0.05, 0.1) is 29.0 Å². The molecule has 0 unspecified atom stereocenters. The van der Waals surface area contributed by atoms with E-state index in [1.54, 1.807) is 22.0 Å². The van der Waals surface area contributed by atoms with E-state index in [4.69, 9.17) is 4.74 Å². The Labute approximate surface area is 189 Å². The van der Waals surface area contributed by atoms with Gasteiger partial charge < -0.3 is 15.0 Å². The van der Waals surface area contributed by atoms with Gasteiger partial charge in [0.25, 0.3) is 5.91 Å². The fraction of sp³-hybridized carbons (Fsp3) is 0.381. The van der Waals surface area contributed by atoms with E-state index < -0.39 is 17.7 Å². The minimum Gasteiger partial charge on any atom is -0.438 e. The first-order valence-corrected chi connectivity index (χ1v) is 11.0. The molecule has 4 rings (SSSR count). The number of likely N-dealkylation sites (N-methyl/N-ethyl adjacent to an activating group) is 1. The van der Waals surface area contributed by atoms with Crippen molar-refractivity contribution in [2.24, 2.45) is 0 Å². The molecule has 2 N–H and O–H groups in total. The summed E-state index contributed by atoms with van der Waals surface area (Å²) in [5.74, 6) is 0.0384. The van der Waals surface area contributed by atoms with Crippen molar-refractivity contribution in [3.63, 3.8) is 0 Å². The van der Waals surface area contributed by atoms with Gasteiger partial charge in [-0.3, -0.25) is 19.8 Å². The van der Waals surface area contributed by atoms with Crippen LogP contribution in [-0.4, -0.2) is 62.6 Å². The molecular formula is C21H25N7O3S. The summed E-state index contributed by atoms with van der Waals surface area (Å²) >= 11 is 1.34. The van der Waals surface area contributed by atoms with Crippen LogP contribution in [0.25, 0.3) is 0 Å². The molecule has 0 fully saturated rings. The van der Waals surface area contributed by atoms with Crippen LogP contribution in [0.3, 0.4) is 0 Å². The second kappa shape index (κ2) is 8.67. The minimum absolute atomic E-state index is 0.251. The highest BCUT2D eigenvalue weighted by Gasteiger charge is 2.45. The van der Waals surface area contributed by atoms with Crippen molar-refractivity contribution < 1.29 is 14.3 Å². The number of carbonyl (C=O) groups excluding carboxylic acids is 2. The van der Waals surface area contributed by atoms with E-state index in [2.05, 4.69) is 25.5 Å². The molecule has 1 atom stereocenters. The molecule has 4 heterocycles. The molecule has 32 heavy (non-hydrogen) atoms. The second-order valence-electron chi connectivity index (χ2n) is 8.29. The van der Waals surface area contributed by atoms with Crippen LogP contribution in [-0.2, 0) is 16.8 Å². The van der Waals surface area contributed by atoms with Crippen molar-refractivity contribution in [3.8, 4) is 0 Å². The maximum atomic E-state index is 13.2. The summed E-state index contributed by atoms with van der Waals surface area (Å²) in [5.41, 5.74) is 3.40. The standard InChI is InChI=1S/C21H25N7O3S/c1-21(2)17-13(18(26-25-17)24-19(29)15-11-32-12-23-15)9-28(21)20(30)31-16(10-27(3)4)14-7-5-6-8-22-14/h5-8,11-12,16H,9-10H2,1-4H3,(H2,24,25,26,29)/t16-/m1/s1. The number of aromatic nitrogens is 4. The molecular weight excluding hydrogens is 430 g/mol. The highest BCUT2D eigenvalue weighted by molar-refractivity contribution is 7.07. The van der Waals surface area contributed by atoms with Crippen molar-refractivity contribution >= 4 is 29.2 Å². The number of amides is 2. The summed E-state index contributed by atoms with van der Waals surface area (Å²) in [7, 11) is 3.83. The maximum Gasteiger partial charge on any atom is 0.411 e. The van der Waals surface area contributed by atoms with Crippen LogP contribution in [0.4, 0.5) is 10.6 Å². The summed E-state index contributed by atoms with van der Waals surface area (Å²) in [6, 6.07) is 5.53. The molecule has 10 nitrogen and oxygen atoms in total. The Morgan fingerprint density at radius 2 is 2.16 bits per heavy atom. The molecule has 2 amide bonds. The van der Waals surface area contributed by atoms with Gasteiger partial charge in [-0.05, 0) is 40.1 Å². The number of nitrogens with zero attached hydrogens (tertiary/aromatic N) is 5. The van der Waals surface area contributed by atoms with Crippen LogP contribution in [0.1, 0.15) is 47.4 Å². The van der Waals surface area contributed by atoms with E-state index in [1.807, 2.05) is 51.0 Å². The van der Waals surface area contributed by atoms with Crippen LogP contribution >= 0.6 is 11.3 Å². The monoisotopic (exact) mass is 455 g/mol. The van der Waals surface area contributed by atoms with E-state index in [0.29, 0.717) is 23.8 Å². The number of hydrogen-bond acceptors (Lipinski definition) is 8. The van der Waals surface area contributed by atoms with Gasteiger partial charge >= 0.3 is 6.09 Å². The third-order valence-electron chi connectivity index (χ3n) is 5.38. The molecule has 0 aromatic carbocycles. The second-order valence-corrected chi connectivity index (χ2v) is 9.01. The van der Waals surface area contributed by atoms with E-state index in [0.717, 1.165) is 11.3 Å². The zero-order valence-electron chi connectivity index (χ0n) is 18.3. The third-order valence-corrected chi connectivity index (χ3v) is 5.97. The summed E-state index contributed by atoms with van der Waals surface area (Å²) in [4.78, 5) is 37.6. The number of pyridine rings is 1. The smallest absolute Gasteiger partial charge is 0.411 e. The van der Waals surface area contributed by atoms with Gasteiger partial charge in [-0.1, -0.05) is 6.07 Å². The molecule has 1 aliphatic rings. The van der Waals surface area contributed by atoms with E-state index in [-0.39, 0.29) is 12.5 Å². The first-order chi connectivity index (χ1) is 15.3. The molecule has 168 valence electrons. The molecule has 0 radical (unpaired) electrons. The molecule has 0 saturated heterocycles. The van der Waals surface area contributed by atoms with Gasteiger partial charge in [0.2, 0.25) is 0 Å². The number of fused-ring (bicyclic) bond motifs is 1. The average Bonchev–Trinajstić information content (AvgIpc) is 3.47. The number of ether oxygens (including phenoxy) is 1. The molecule has 11 heteroatoms. The Balaban J connectivity index is 1.53. The number of H-pyrrole nitrogens is 1. The SMILES string of the molecule is CN(C)C[C@@H](OC(=O)N1Cc2c(NC(=O)c3cscn3)n[nH]c2C1(C)C)c1ccccn1. The van der Waals surface area contributed by atoms with Crippen LogP contribution in [0.2, 0.25) is 0 Å². The maximum absolute atomic E-state index is 13.2. The lowest BCUT2D eigenvalue weighted by molar-refractivity contribution is 0.0244. The molecule has 3 aromatic heterocycles. The zero-order chi connectivity index (χ0) is 22.9. The van der Waals surface area contributed by atoms with Crippen molar-refractivity contribution in [3.05, 3.63) is 57.9 Å². The van der Waals surface area contributed by atoms with Crippen LogP contribution in [0.5, 0.6) is 0 Å². The molecule has 3 aromatic rings. The number of anilines is 1. The Bertz CT molecular complexity index is 1100. The molecule has 0 saturated carbocycles. The molecule has 1 aliphatic heterocycles. The van der Waals surface area contributed by atoms with Gasteiger partial charge in [0.15, 0.2) is 11.9 Å². The fourth-order valence-electron chi connectivity index (χ4n) is 3.68. The summed E-state index contributed by atoms with van der Waals surface area (Å²) in [6.07, 6.45) is 0.698. The Morgan fingerprint density at radius 1 is 1.34 bits per heavy atom. The highest BCUT2D eigenvalue weighted by Crippen LogP contribution is 2.41. The quantitative estimate of drug-likeness (QED) is 0.587. The van der Waals surface area contributed by atoms with Gasteiger partial charge in [-0.25, -0.2) is 9.78 Å². The average molecular weight is 456 g/mol. The number of rotatable bonds is 6. The fourth-order valence-corrected chi connectivity index (χ4v) is 4.21. The first kappa shape index (κ1) is 21.9. The topological polar surface area (TPSA) is 116 Å². The number of carbonyl (C=O) groups is 2. The zero-order valence-corrected chi connectivity index (χ0v) is 19.1. The van der Waals surface area contributed by atoms with Crippen LogP contribution in [0.15, 0.2) is 35.3 Å². The van der Waals surface area contributed by atoms with Crippen molar-refractivity contribution in [2.75, 3.05) is 26.0 Å². The lowest BCUT2D eigenvalue weighted by atomic mass is 10.0. The normalized spacial score (nSPS) is 15.5. The highest BCUT2D eigenvalue weighted by atomic mass is 32.1. The number of aromatic amines is 1. The van der Waals surface area contributed by atoms with Gasteiger partial charge in [0.1, 0.15) is 5.69 Å². The van der Waals surface area contributed by atoms with Crippen molar-refractivity contribution in [2.45, 2.75) is 32.0 Å². The lowest BCUT2D eigenvalue weighted by Crippen LogP contribution is -2.42. The Hall–Kier alpha value is -3.31. The minimum atomic E-state index is -0.699. The van der Waals surface area contributed by atoms with Gasteiger partial charge in [0, 0.05) is 23.7 Å². The predicted octanol–water partition coefficient (Wildman–Crippen LogP) is 3.00. The van der Waals surface area contributed by atoms with Crippen molar-refractivity contribution in [1.29, 1.82) is 0 Å². The molecule has 0 bridgehead atoms. The Morgan fingerprint density at radius 3 is 2.81 bits per heavy atom. The third kappa shape index (κ3) is 4.21. The number of nitrogens with one attached hydrogen (secondary N) is 2. The number of hydrogen-bond donors (Lipinski definition) is 2. The van der Waals surface area contributed by atoms with E-state index in [1.165, 1.54) is 11.3 Å². The Kier molecular flexibility index (Phi) is 5.94. The van der Waals surface area contributed by atoms with Gasteiger partial charge in [-0.15, -0.1) is 11.3 Å². The number of thiazole rings is 1. The first-order valence-electron chi connectivity index (χ1n) is 10.1. The van der Waals surface area contributed by atoms with Crippen molar-refractivity contribution in [1.82, 2.24) is 30.0 Å². The van der Waals surface area contributed by atoms with Gasteiger partial charge in [-0.2, -0.15) is 5.10 Å². The predicted molar refractivity (Wildman–Crippen MR) is 119 cm³/mol. The molecule has 0 aliphatic carbocycles. The largest absolute Gasteiger partial charge is 0.438 e. The lowest BCUT2D eigenvalue weighted by Gasteiger charge is -2.32. The summed E-state index contributed by atoms with van der Waals surface area (Å²) < 4.78 is 5.90. The van der Waals surface area contributed by atoms with E-state index >= 15 is 0 Å². The van der Waals surface area contributed by atoms with E-state index in [9.17, 15) is 9.59 Å². The van der Waals surface area contributed by atoms with Crippen LogP contribution in [0, 0.1) is 0 Å². The molecule has 0 spiro atoms. The summed E-state index contributed by atoms with van der Waals surface area (Å²) in [6.45, 7) is 4.57.